The Kier molecular flexibility index (Phi) is 4.78. The molecule has 0 aliphatic carbocycles. The van der Waals surface area contributed by atoms with Crippen molar-refractivity contribution in [1.82, 2.24) is 10.2 Å². The van der Waals surface area contributed by atoms with Crippen LogP contribution < -0.4 is 10.6 Å². The fourth-order valence-electron chi connectivity index (χ4n) is 2.55. The molecule has 7 nitrogen and oxygen atoms in total. The summed E-state index contributed by atoms with van der Waals surface area (Å²) in [5.41, 5.74) is 0.339. The average Bonchev–Trinajstić information content (AvgIpc) is 3.17. The van der Waals surface area contributed by atoms with E-state index in [1.165, 1.54) is 24.5 Å². The van der Waals surface area contributed by atoms with E-state index in [0.29, 0.717) is 11.4 Å². The van der Waals surface area contributed by atoms with Crippen LogP contribution in [-0.4, -0.2) is 28.8 Å². The first-order valence-electron chi connectivity index (χ1n) is 7.72. The molecule has 1 aromatic carbocycles. The lowest BCUT2D eigenvalue weighted by Crippen LogP contribution is -2.31. The summed E-state index contributed by atoms with van der Waals surface area (Å²) >= 11 is 0. The number of amides is 4. The van der Waals surface area contributed by atoms with Gasteiger partial charge in [0.15, 0.2) is 0 Å². The minimum Gasteiger partial charge on any atom is -0.467 e. The smallest absolute Gasteiger partial charge is 0.325 e. The lowest BCUT2D eigenvalue weighted by Gasteiger charge is -2.11. The Morgan fingerprint density at radius 1 is 1.28 bits per heavy atom. The molecule has 0 saturated carbocycles. The minimum atomic E-state index is -0.763. The zero-order chi connectivity index (χ0) is 17.8. The van der Waals surface area contributed by atoms with Crippen molar-refractivity contribution in [3.63, 3.8) is 0 Å². The molecule has 1 atom stereocenters. The van der Waals surface area contributed by atoms with Crippen LogP contribution in [0.4, 0.5) is 14.9 Å². The molecular weight excluding hydrogens is 329 g/mol. The number of imide groups is 1. The SMILES string of the molecule is O=C(CC[C@@H]1NC(=O)N(Cc2ccco2)C1=O)Nc1cccc(F)c1. The van der Waals surface area contributed by atoms with Crippen LogP contribution in [-0.2, 0) is 16.1 Å². The van der Waals surface area contributed by atoms with Gasteiger partial charge in [-0.15, -0.1) is 0 Å². The lowest BCUT2D eigenvalue weighted by molar-refractivity contribution is -0.128. The summed E-state index contributed by atoms with van der Waals surface area (Å²) in [6.07, 6.45) is 1.63. The minimum absolute atomic E-state index is 0.0157. The Labute approximate surface area is 142 Å². The van der Waals surface area contributed by atoms with E-state index in [0.717, 1.165) is 4.90 Å². The van der Waals surface area contributed by atoms with Crippen molar-refractivity contribution < 1.29 is 23.2 Å². The Hall–Kier alpha value is -3.16. The molecule has 8 heteroatoms. The van der Waals surface area contributed by atoms with Crippen LogP contribution in [0, 0.1) is 5.82 Å². The number of carbonyl (C=O) groups is 3. The Bertz CT molecular complexity index is 791. The second-order valence-electron chi connectivity index (χ2n) is 5.60. The average molecular weight is 345 g/mol. The van der Waals surface area contributed by atoms with Gasteiger partial charge in [-0.1, -0.05) is 6.07 Å². The summed E-state index contributed by atoms with van der Waals surface area (Å²) in [5, 5.41) is 5.10. The molecule has 1 aliphatic heterocycles. The number of rotatable bonds is 6. The molecule has 25 heavy (non-hydrogen) atoms. The fraction of sp³-hybridized carbons (Fsp3) is 0.235. The maximum Gasteiger partial charge on any atom is 0.325 e. The van der Waals surface area contributed by atoms with Crippen LogP contribution in [0.25, 0.3) is 0 Å². The Morgan fingerprint density at radius 2 is 2.12 bits per heavy atom. The Balaban J connectivity index is 1.52. The van der Waals surface area contributed by atoms with Crippen LogP contribution >= 0.6 is 0 Å². The van der Waals surface area contributed by atoms with Crippen LogP contribution in [0.3, 0.4) is 0 Å². The highest BCUT2D eigenvalue weighted by atomic mass is 19.1. The van der Waals surface area contributed by atoms with E-state index in [1.807, 2.05) is 0 Å². The fourth-order valence-corrected chi connectivity index (χ4v) is 2.55. The van der Waals surface area contributed by atoms with Crippen molar-refractivity contribution in [1.29, 1.82) is 0 Å². The van der Waals surface area contributed by atoms with Gasteiger partial charge in [0.1, 0.15) is 17.6 Å². The molecule has 3 rings (SSSR count). The van der Waals surface area contributed by atoms with Gasteiger partial charge in [-0.25, -0.2) is 9.18 Å². The molecule has 2 aromatic rings. The van der Waals surface area contributed by atoms with E-state index < -0.39 is 23.8 Å². The van der Waals surface area contributed by atoms with Gasteiger partial charge in [0.2, 0.25) is 5.91 Å². The standard InChI is InChI=1S/C17H16FN3O4/c18-11-3-1-4-12(9-11)19-15(22)7-6-14-16(23)21(17(24)20-14)10-13-5-2-8-25-13/h1-5,8-9,14H,6-7,10H2,(H,19,22)(H,20,24)/t14-/m0/s1. The zero-order valence-corrected chi connectivity index (χ0v) is 13.2. The van der Waals surface area contributed by atoms with Crippen molar-refractivity contribution >= 4 is 23.5 Å². The monoisotopic (exact) mass is 345 g/mol. The molecule has 130 valence electrons. The number of nitrogens with zero attached hydrogens (tertiary/aromatic N) is 1. The van der Waals surface area contributed by atoms with Crippen molar-refractivity contribution in [3.05, 3.63) is 54.2 Å². The summed E-state index contributed by atoms with van der Waals surface area (Å²) < 4.78 is 18.2. The summed E-state index contributed by atoms with van der Waals surface area (Å²) in [7, 11) is 0. The summed E-state index contributed by atoms with van der Waals surface area (Å²) in [4.78, 5) is 37.2. The molecule has 0 unspecified atom stereocenters. The van der Waals surface area contributed by atoms with Crippen LogP contribution in [0.2, 0.25) is 0 Å². The number of nitrogens with one attached hydrogen (secondary N) is 2. The Morgan fingerprint density at radius 3 is 2.84 bits per heavy atom. The molecule has 2 N–H and O–H groups in total. The number of hydrogen-bond acceptors (Lipinski definition) is 4. The van der Waals surface area contributed by atoms with Gasteiger partial charge in [0.05, 0.1) is 12.8 Å². The van der Waals surface area contributed by atoms with Crippen molar-refractivity contribution in [2.45, 2.75) is 25.4 Å². The van der Waals surface area contributed by atoms with Crippen LogP contribution in [0.15, 0.2) is 47.1 Å². The first-order valence-corrected chi connectivity index (χ1v) is 7.72. The van der Waals surface area contributed by atoms with E-state index in [9.17, 15) is 18.8 Å². The summed E-state index contributed by atoms with van der Waals surface area (Å²) in [6, 6.07) is 7.58. The maximum atomic E-state index is 13.1. The number of benzene rings is 1. The second-order valence-corrected chi connectivity index (χ2v) is 5.60. The summed E-state index contributed by atoms with van der Waals surface area (Å²) in [5.74, 6) is -0.727. The first-order chi connectivity index (χ1) is 12.0. The van der Waals surface area contributed by atoms with Crippen LogP contribution in [0.1, 0.15) is 18.6 Å². The number of carbonyl (C=O) groups excluding carboxylic acids is 3. The van der Waals surface area contributed by atoms with Crippen LogP contribution in [0.5, 0.6) is 0 Å². The molecule has 0 spiro atoms. The maximum absolute atomic E-state index is 13.1. The highest BCUT2D eigenvalue weighted by Gasteiger charge is 2.38. The molecule has 1 fully saturated rings. The zero-order valence-electron chi connectivity index (χ0n) is 13.2. The molecule has 1 aromatic heterocycles. The van der Waals surface area contributed by atoms with E-state index in [4.69, 9.17) is 4.42 Å². The van der Waals surface area contributed by atoms with Crippen molar-refractivity contribution in [2.24, 2.45) is 0 Å². The third kappa shape index (κ3) is 4.03. The summed E-state index contributed by atoms with van der Waals surface area (Å²) in [6.45, 7) is 0.0453. The molecule has 0 bridgehead atoms. The number of furan rings is 1. The lowest BCUT2D eigenvalue weighted by atomic mass is 10.1. The van der Waals surface area contributed by atoms with Gasteiger partial charge < -0.3 is 15.1 Å². The third-order valence-corrected chi connectivity index (χ3v) is 3.77. The third-order valence-electron chi connectivity index (χ3n) is 3.77. The van der Waals surface area contributed by atoms with Gasteiger partial charge in [0, 0.05) is 12.1 Å². The van der Waals surface area contributed by atoms with Gasteiger partial charge >= 0.3 is 6.03 Å². The number of hydrogen-bond donors (Lipinski definition) is 2. The first kappa shape index (κ1) is 16.7. The van der Waals surface area contributed by atoms with Crippen molar-refractivity contribution in [2.75, 3.05) is 5.32 Å². The van der Waals surface area contributed by atoms with E-state index in [-0.39, 0.29) is 25.3 Å². The highest BCUT2D eigenvalue weighted by Crippen LogP contribution is 2.16. The number of anilines is 1. The predicted molar refractivity (Wildman–Crippen MR) is 85.8 cm³/mol. The van der Waals surface area contributed by atoms with Gasteiger partial charge in [-0.05, 0) is 36.8 Å². The van der Waals surface area contributed by atoms with Crippen molar-refractivity contribution in [3.8, 4) is 0 Å². The van der Waals surface area contributed by atoms with Gasteiger partial charge in [-0.2, -0.15) is 0 Å². The van der Waals surface area contributed by atoms with E-state index in [2.05, 4.69) is 10.6 Å². The van der Waals surface area contributed by atoms with Gasteiger partial charge in [0.25, 0.3) is 5.91 Å². The highest BCUT2D eigenvalue weighted by molar-refractivity contribution is 6.04. The molecule has 0 radical (unpaired) electrons. The largest absolute Gasteiger partial charge is 0.467 e. The molecule has 1 saturated heterocycles. The predicted octanol–water partition coefficient (Wildman–Crippen LogP) is 2.26. The van der Waals surface area contributed by atoms with E-state index in [1.54, 1.807) is 18.2 Å². The molecule has 1 aliphatic rings. The quantitative estimate of drug-likeness (QED) is 0.786. The number of halogens is 1. The molecule has 4 amide bonds. The topological polar surface area (TPSA) is 91.7 Å². The van der Waals surface area contributed by atoms with Gasteiger partial charge in [-0.3, -0.25) is 14.5 Å². The second kappa shape index (κ2) is 7.16. The molecular formula is C17H16FN3O4. The molecule has 2 heterocycles. The normalized spacial score (nSPS) is 16.8. The van der Waals surface area contributed by atoms with E-state index >= 15 is 0 Å². The number of urea groups is 1.